The summed E-state index contributed by atoms with van der Waals surface area (Å²) < 4.78 is 9.86. The van der Waals surface area contributed by atoms with Gasteiger partial charge in [-0.05, 0) is 0 Å². The van der Waals surface area contributed by atoms with Crippen molar-refractivity contribution in [2.75, 3.05) is 13.2 Å². The molecular weight excluding hydrogens is 523 g/mol. The minimum atomic E-state index is -0.0354. The van der Waals surface area contributed by atoms with Gasteiger partial charge in [0, 0.05) is 0 Å². The molecule has 0 spiro atoms. The Kier molecular flexibility index (Phi) is 4.01. The van der Waals surface area contributed by atoms with Gasteiger partial charge in [0.25, 0.3) is 0 Å². The predicted octanol–water partition coefficient (Wildman–Crippen LogP) is 1.39. The first-order chi connectivity index (χ1) is 9.11. The first-order valence-corrected chi connectivity index (χ1v) is 8.88. The standard InChI is InChI=1S/C12H11BrN3OS.Po/c1-16-8-14-15-11(16)18-12(6-17-7-12)9-3-2-4-10(13)5-9;/h2-3,5,8H,6-7H2,1H3;. The van der Waals surface area contributed by atoms with Crippen molar-refractivity contribution in [1.82, 2.24) is 14.8 Å². The van der Waals surface area contributed by atoms with Crippen LogP contribution in [0.3, 0.4) is 0 Å². The SMILES string of the molecule is Cn1cnnc1SC1(c2cc[c]([Po])c(Br)c2)COC1. The average Bonchev–Trinajstić information content (AvgIpc) is 2.73. The summed E-state index contributed by atoms with van der Waals surface area (Å²) in [5.41, 5.74) is 1.28. The molecule has 3 rings (SSSR count). The third kappa shape index (κ3) is 2.63. The van der Waals surface area contributed by atoms with E-state index in [1.807, 2.05) is 11.6 Å². The molecule has 1 aliphatic heterocycles. The number of hydrogen-bond acceptors (Lipinski definition) is 4. The molecule has 0 bridgehead atoms. The molecular formula is C12H11BrN3OPoS. The fourth-order valence-corrected chi connectivity index (χ4v) is 3.93. The van der Waals surface area contributed by atoms with Crippen LogP contribution in [0, 0.1) is 0 Å². The first kappa shape index (κ1) is 14.0. The van der Waals surface area contributed by atoms with Crippen molar-refractivity contribution >= 4 is 56.0 Å². The van der Waals surface area contributed by atoms with Crippen molar-refractivity contribution < 1.29 is 4.74 Å². The quantitative estimate of drug-likeness (QED) is 0.598. The van der Waals surface area contributed by atoms with Crippen molar-refractivity contribution in [3.05, 3.63) is 34.6 Å². The van der Waals surface area contributed by atoms with Gasteiger partial charge in [0.1, 0.15) is 0 Å². The summed E-state index contributed by atoms with van der Waals surface area (Å²) in [6, 6.07) is 6.57. The van der Waals surface area contributed by atoms with E-state index in [1.54, 1.807) is 18.1 Å². The van der Waals surface area contributed by atoms with Gasteiger partial charge in [-0.3, -0.25) is 0 Å². The van der Waals surface area contributed by atoms with E-state index in [2.05, 4.69) is 44.3 Å². The molecule has 2 heterocycles. The van der Waals surface area contributed by atoms with Crippen LogP contribution in [0.15, 0.2) is 34.2 Å². The Bertz CT molecular complexity index is 615. The van der Waals surface area contributed by atoms with Crippen LogP contribution in [0.25, 0.3) is 0 Å². The number of aromatic nitrogens is 3. The zero-order valence-electron chi connectivity index (χ0n) is 10.2. The molecule has 1 aromatic heterocycles. The first-order valence-electron chi connectivity index (χ1n) is 5.68. The monoisotopic (exact) mass is 533 g/mol. The molecule has 1 fully saturated rings. The van der Waals surface area contributed by atoms with Crippen LogP contribution in [0.4, 0.5) is 0 Å². The Morgan fingerprint density at radius 1 is 1.47 bits per heavy atom. The van der Waals surface area contributed by atoms with Gasteiger partial charge in [0.2, 0.25) is 0 Å². The van der Waals surface area contributed by atoms with Gasteiger partial charge in [-0.1, -0.05) is 0 Å². The number of thioether (sulfide) groups is 1. The Labute approximate surface area is 139 Å². The average molecular weight is 534 g/mol. The number of ether oxygens (including phenoxy) is 1. The third-order valence-corrected chi connectivity index (χ3v) is 7.66. The van der Waals surface area contributed by atoms with Gasteiger partial charge in [0.05, 0.1) is 0 Å². The molecule has 1 aromatic carbocycles. The van der Waals surface area contributed by atoms with E-state index in [9.17, 15) is 0 Å². The molecule has 0 amide bonds. The summed E-state index contributed by atoms with van der Waals surface area (Å²) in [5, 5.41) is 9.02. The van der Waals surface area contributed by atoms with E-state index < -0.39 is 0 Å². The maximum absolute atomic E-state index is 5.46. The second-order valence-corrected chi connectivity index (χ2v) is 8.37. The summed E-state index contributed by atoms with van der Waals surface area (Å²) in [6.45, 7) is 1.43. The third-order valence-electron chi connectivity index (χ3n) is 3.08. The zero-order valence-corrected chi connectivity index (χ0v) is 15.7. The van der Waals surface area contributed by atoms with Gasteiger partial charge in [-0.2, -0.15) is 0 Å². The Hall–Kier alpha value is 0.0461. The number of benzene rings is 1. The molecule has 0 aliphatic carbocycles. The maximum atomic E-state index is 5.46. The van der Waals surface area contributed by atoms with Crippen molar-refractivity contribution in [3.8, 4) is 0 Å². The van der Waals surface area contributed by atoms with Crippen LogP contribution >= 0.6 is 27.7 Å². The molecule has 19 heavy (non-hydrogen) atoms. The summed E-state index contributed by atoms with van der Waals surface area (Å²) >= 11 is 6.82. The number of rotatable bonds is 3. The van der Waals surface area contributed by atoms with Gasteiger partial charge >= 0.3 is 140 Å². The normalized spacial score (nSPS) is 17.2. The molecule has 0 atom stereocenters. The summed E-state index contributed by atoms with van der Waals surface area (Å²) in [4.78, 5) is 0. The van der Waals surface area contributed by atoms with Crippen LogP contribution in [-0.2, 0) is 16.5 Å². The van der Waals surface area contributed by atoms with Crippen molar-refractivity contribution in [2.24, 2.45) is 7.05 Å². The predicted molar refractivity (Wildman–Crippen MR) is 78.9 cm³/mol. The Morgan fingerprint density at radius 3 is 2.79 bits per heavy atom. The fraction of sp³-hybridized carbons (Fsp3) is 0.333. The van der Waals surface area contributed by atoms with Crippen LogP contribution in [0.1, 0.15) is 5.56 Å². The summed E-state index contributed by atoms with van der Waals surface area (Å²) in [7, 11) is 1.96. The molecule has 0 unspecified atom stereocenters. The summed E-state index contributed by atoms with van der Waals surface area (Å²) in [6.07, 6.45) is 1.73. The van der Waals surface area contributed by atoms with Crippen LogP contribution in [-0.4, -0.2) is 53.0 Å². The zero-order chi connectivity index (χ0) is 13.5. The van der Waals surface area contributed by atoms with Crippen LogP contribution < -0.4 is 3.22 Å². The van der Waals surface area contributed by atoms with Gasteiger partial charge in [-0.15, -0.1) is 0 Å². The summed E-state index contributed by atoms with van der Waals surface area (Å²) in [5.74, 6) is 0. The molecule has 0 saturated carbocycles. The molecule has 2 aromatic rings. The van der Waals surface area contributed by atoms with Crippen molar-refractivity contribution in [2.45, 2.75) is 9.90 Å². The molecule has 1 saturated heterocycles. The molecule has 1 radical (unpaired) electrons. The molecule has 99 valence electrons. The molecule has 0 N–H and O–H groups in total. The van der Waals surface area contributed by atoms with Crippen LogP contribution in [0.2, 0.25) is 0 Å². The van der Waals surface area contributed by atoms with Crippen molar-refractivity contribution in [1.29, 1.82) is 0 Å². The Balaban J connectivity index is 1.94. The number of nitrogens with zero attached hydrogens (tertiary/aromatic N) is 3. The second-order valence-electron chi connectivity index (χ2n) is 4.46. The van der Waals surface area contributed by atoms with E-state index in [1.165, 1.54) is 38.3 Å². The van der Waals surface area contributed by atoms with Gasteiger partial charge in [0.15, 0.2) is 0 Å². The van der Waals surface area contributed by atoms with Crippen molar-refractivity contribution in [3.63, 3.8) is 0 Å². The minimum absolute atomic E-state index is 0.0354. The number of aryl methyl sites for hydroxylation is 1. The van der Waals surface area contributed by atoms with E-state index in [-0.39, 0.29) is 4.75 Å². The van der Waals surface area contributed by atoms with Gasteiger partial charge in [-0.25, -0.2) is 0 Å². The molecule has 1 aliphatic rings. The van der Waals surface area contributed by atoms with E-state index in [0.717, 1.165) is 5.16 Å². The fourth-order valence-electron chi connectivity index (χ4n) is 1.90. The van der Waals surface area contributed by atoms with E-state index in [4.69, 9.17) is 4.74 Å². The molecule has 7 heteroatoms. The molecule has 4 nitrogen and oxygen atoms in total. The van der Waals surface area contributed by atoms with E-state index in [0.29, 0.717) is 13.2 Å². The number of hydrogen-bond donors (Lipinski definition) is 0. The second kappa shape index (κ2) is 5.44. The van der Waals surface area contributed by atoms with E-state index >= 15 is 0 Å². The van der Waals surface area contributed by atoms with Crippen LogP contribution in [0.5, 0.6) is 0 Å². The number of halogens is 1. The van der Waals surface area contributed by atoms with Gasteiger partial charge < -0.3 is 0 Å². The Morgan fingerprint density at radius 2 is 2.26 bits per heavy atom. The topological polar surface area (TPSA) is 39.9 Å².